The summed E-state index contributed by atoms with van der Waals surface area (Å²) in [5, 5.41) is 14.1. The highest BCUT2D eigenvalue weighted by atomic mass is 16.6. The molecular weight excluding hydrogens is 278 g/mol. The molecule has 0 aliphatic carbocycles. The molecule has 21 heavy (non-hydrogen) atoms. The Morgan fingerprint density at radius 1 is 1.33 bits per heavy atom. The second kappa shape index (κ2) is 6.12. The lowest BCUT2D eigenvalue weighted by atomic mass is 10.2. The molecule has 0 bridgehead atoms. The van der Waals surface area contributed by atoms with Gasteiger partial charge in [0.2, 0.25) is 5.89 Å². The van der Waals surface area contributed by atoms with Crippen molar-refractivity contribution in [2.75, 3.05) is 19.5 Å². The predicted molar refractivity (Wildman–Crippen MR) is 74.8 cm³/mol. The number of aromatic nitrogens is 1. The number of nitrogens with zero attached hydrogens (tertiary/aromatic N) is 2. The average molecular weight is 293 g/mol. The van der Waals surface area contributed by atoms with E-state index in [-0.39, 0.29) is 12.2 Å². The highest BCUT2D eigenvalue weighted by molar-refractivity contribution is 5.68. The average Bonchev–Trinajstić information content (AvgIpc) is 2.89. The standard InChI is InChI=1S/C13H15N3O5/c1-8-6-15-13(21-8)7-14-9-4-11(19-2)12(20-3)5-10(9)16(17)18/h4-6,14H,7H2,1-3H3. The molecule has 2 aromatic rings. The Kier molecular flexibility index (Phi) is 4.27. The van der Waals surface area contributed by atoms with Crippen LogP contribution in [0.15, 0.2) is 22.7 Å². The lowest BCUT2D eigenvalue weighted by Crippen LogP contribution is -2.04. The van der Waals surface area contributed by atoms with Crippen LogP contribution in [0.25, 0.3) is 0 Å². The fourth-order valence-electron chi connectivity index (χ4n) is 1.81. The Morgan fingerprint density at radius 2 is 2.00 bits per heavy atom. The van der Waals surface area contributed by atoms with E-state index in [1.165, 1.54) is 26.4 Å². The molecule has 1 N–H and O–H groups in total. The molecule has 1 aromatic carbocycles. The van der Waals surface area contributed by atoms with Crippen LogP contribution in [0.5, 0.6) is 11.5 Å². The minimum Gasteiger partial charge on any atom is -0.493 e. The predicted octanol–water partition coefficient (Wildman–Crippen LogP) is 2.52. The summed E-state index contributed by atoms with van der Waals surface area (Å²) in [6.45, 7) is 2.00. The summed E-state index contributed by atoms with van der Waals surface area (Å²) in [5.74, 6) is 1.81. The number of methoxy groups -OCH3 is 2. The van der Waals surface area contributed by atoms with Crippen molar-refractivity contribution in [3.63, 3.8) is 0 Å². The Hall–Kier alpha value is -2.77. The first-order valence-electron chi connectivity index (χ1n) is 6.10. The minimum absolute atomic E-state index is 0.115. The molecule has 0 aliphatic rings. The summed E-state index contributed by atoms with van der Waals surface area (Å²) in [6.07, 6.45) is 1.58. The number of rotatable bonds is 6. The van der Waals surface area contributed by atoms with Gasteiger partial charge in [-0.25, -0.2) is 4.98 Å². The SMILES string of the molecule is COc1cc(NCc2ncc(C)o2)c([N+](=O)[O-])cc1OC. The minimum atomic E-state index is -0.495. The van der Waals surface area contributed by atoms with E-state index >= 15 is 0 Å². The second-order valence-corrected chi connectivity index (χ2v) is 4.20. The van der Waals surface area contributed by atoms with Gasteiger partial charge in [-0.2, -0.15) is 0 Å². The topological polar surface area (TPSA) is 99.7 Å². The van der Waals surface area contributed by atoms with Crippen LogP contribution in [0.4, 0.5) is 11.4 Å². The van der Waals surface area contributed by atoms with Crippen molar-refractivity contribution in [3.8, 4) is 11.5 Å². The zero-order valence-electron chi connectivity index (χ0n) is 11.9. The number of hydrogen-bond acceptors (Lipinski definition) is 7. The molecule has 0 aliphatic heterocycles. The third-order valence-electron chi connectivity index (χ3n) is 2.80. The summed E-state index contributed by atoms with van der Waals surface area (Å²) in [5.41, 5.74) is 0.185. The van der Waals surface area contributed by atoms with Gasteiger partial charge >= 0.3 is 0 Å². The number of nitrogens with one attached hydrogen (secondary N) is 1. The molecular formula is C13H15N3O5. The number of benzene rings is 1. The van der Waals surface area contributed by atoms with Crippen molar-refractivity contribution in [2.24, 2.45) is 0 Å². The van der Waals surface area contributed by atoms with Crippen LogP contribution >= 0.6 is 0 Å². The number of ether oxygens (including phenoxy) is 2. The highest BCUT2D eigenvalue weighted by Gasteiger charge is 2.19. The van der Waals surface area contributed by atoms with Crippen LogP contribution in [0, 0.1) is 17.0 Å². The molecule has 0 saturated carbocycles. The van der Waals surface area contributed by atoms with Crippen LogP contribution < -0.4 is 14.8 Å². The van der Waals surface area contributed by atoms with Crippen molar-refractivity contribution in [2.45, 2.75) is 13.5 Å². The van der Waals surface area contributed by atoms with E-state index in [2.05, 4.69) is 10.3 Å². The molecule has 0 amide bonds. The van der Waals surface area contributed by atoms with Crippen LogP contribution in [0.1, 0.15) is 11.7 Å². The maximum absolute atomic E-state index is 11.1. The van der Waals surface area contributed by atoms with Gasteiger partial charge in [0.1, 0.15) is 11.4 Å². The van der Waals surface area contributed by atoms with Gasteiger partial charge in [0, 0.05) is 6.07 Å². The molecule has 8 heteroatoms. The number of hydrogen-bond donors (Lipinski definition) is 1. The summed E-state index contributed by atoms with van der Waals surface area (Å²) >= 11 is 0. The van der Waals surface area contributed by atoms with Crippen LogP contribution in [0.3, 0.4) is 0 Å². The maximum Gasteiger partial charge on any atom is 0.296 e. The second-order valence-electron chi connectivity index (χ2n) is 4.20. The molecule has 0 radical (unpaired) electrons. The van der Waals surface area contributed by atoms with Gasteiger partial charge in [-0.05, 0) is 6.92 Å². The Morgan fingerprint density at radius 3 is 2.52 bits per heavy atom. The zero-order valence-corrected chi connectivity index (χ0v) is 11.9. The molecule has 2 rings (SSSR count). The smallest absolute Gasteiger partial charge is 0.296 e. The van der Waals surface area contributed by atoms with E-state index in [4.69, 9.17) is 13.9 Å². The van der Waals surface area contributed by atoms with Crippen molar-refractivity contribution >= 4 is 11.4 Å². The number of aryl methyl sites for hydroxylation is 1. The third kappa shape index (κ3) is 3.22. The Bertz CT molecular complexity index is 653. The first kappa shape index (κ1) is 14.6. The largest absolute Gasteiger partial charge is 0.493 e. The van der Waals surface area contributed by atoms with Gasteiger partial charge in [-0.15, -0.1) is 0 Å². The molecule has 0 atom stereocenters. The molecule has 112 valence electrons. The van der Waals surface area contributed by atoms with Gasteiger partial charge in [-0.1, -0.05) is 0 Å². The van der Waals surface area contributed by atoms with Crippen molar-refractivity contribution in [3.05, 3.63) is 40.1 Å². The maximum atomic E-state index is 11.1. The van der Waals surface area contributed by atoms with Gasteiger partial charge in [0.25, 0.3) is 5.69 Å². The van der Waals surface area contributed by atoms with Gasteiger partial charge in [0.05, 0.1) is 38.0 Å². The Balaban J connectivity index is 2.29. The monoisotopic (exact) mass is 293 g/mol. The summed E-state index contributed by atoms with van der Waals surface area (Å²) in [6, 6.07) is 2.81. The molecule has 0 spiro atoms. The first-order valence-corrected chi connectivity index (χ1v) is 6.10. The lowest BCUT2D eigenvalue weighted by Gasteiger charge is -2.11. The quantitative estimate of drug-likeness (QED) is 0.645. The van der Waals surface area contributed by atoms with Crippen LogP contribution in [-0.2, 0) is 6.54 Å². The lowest BCUT2D eigenvalue weighted by molar-refractivity contribution is -0.384. The van der Waals surface area contributed by atoms with Gasteiger partial charge < -0.3 is 19.2 Å². The zero-order chi connectivity index (χ0) is 15.4. The Labute approximate surface area is 120 Å². The van der Waals surface area contributed by atoms with E-state index < -0.39 is 4.92 Å². The van der Waals surface area contributed by atoms with E-state index in [1.807, 2.05) is 0 Å². The number of oxazole rings is 1. The number of anilines is 1. The molecule has 0 fully saturated rings. The molecule has 0 unspecified atom stereocenters. The fraction of sp³-hybridized carbons (Fsp3) is 0.308. The number of nitro benzene ring substituents is 1. The fourth-order valence-corrected chi connectivity index (χ4v) is 1.81. The van der Waals surface area contributed by atoms with E-state index in [9.17, 15) is 10.1 Å². The van der Waals surface area contributed by atoms with E-state index in [0.29, 0.717) is 28.8 Å². The van der Waals surface area contributed by atoms with Crippen molar-refractivity contribution < 1.29 is 18.8 Å². The molecule has 8 nitrogen and oxygen atoms in total. The van der Waals surface area contributed by atoms with Gasteiger partial charge in [0.15, 0.2) is 11.5 Å². The summed E-state index contributed by atoms with van der Waals surface area (Å²) in [7, 11) is 2.88. The van der Waals surface area contributed by atoms with Gasteiger partial charge in [-0.3, -0.25) is 10.1 Å². The summed E-state index contributed by atoms with van der Waals surface area (Å²) < 4.78 is 15.5. The molecule has 1 heterocycles. The molecule has 1 aromatic heterocycles. The van der Waals surface area contributed by atoms with Crippen molar-refractivity contribution in [1.82, 2.24) is 4.98 Å². The van der Waals surface area contributed by atoms with Crippen molar-refractivity contribution in [1.29, 1.82) is 0 Å². The first-order chi connectivity index (χ1) is 10.0. The summed E-state index contributed by atoms with van der Waals surface area (Å²) in [4.78, 5) is 14.7. The van der Waals surface area contributed by atoms with E-state index in [1.54, 1.807) is 13.1 Å². The van der Waals surface area contributed by atoms with E-state index in [0.717, 1.165) is 0 Å². The molecule has 0 saturated heterocycles. The normalized spacial score (nSPS) is 10.2. The van der Waals surface area contributed by atoms with Crippen LogP contribution in [0.2, 0.25) is 0 Å². The van der Waals surface area contributed by atoms with Crippen LogP contribution in [-0.4, -0.2) is 24.1 Å². The third-order valence-corrected chi connectivity index (χ3v) is 2.80. The highest BCUT2D eigenvalue weighted by Crippen LogP contribution is 2.37. The number of nitro groups is 1.